The molecule has 0 spiro atoms. The van der Waals surface area contributed by atoms with Crippen LogP contribution in [0.15, 0.2) is 42.5 Å². The van der Waals surface area contributed by atoms with E-state index < -0.39 is 5.97 Å². The Kier molecular flexibility index (Phi) is 6.08. The maximum absolute atomic E-state index is 12.7. The second kappa shape index (κ2) is 8.90. The van der Waals surface area contributed by atoms with E-state index in [9.17, 15) is 9.59 Å². The van der Waals surface area contributed by atoms with Gasteiger partial charge >= 0.3 is 5.97 Å². The molecular formula is C21H19ClN2O4S. The van der Waals surface area contributed by atoms with Crippen LogP contribution >= 0.6 is 22.9 Å². The van der Waals surface area contributed by atoms with Crippen LogP contribution in [0.3, 0.4) is 0 Å². The van der Waals surface area contributed by atoms with E-state index in [4.69, 9.17) is 21.1 Å². The Morgan fingerprint density at radius 1 is 1.28 bits per heavy atom. The molecule has 2 aromatic heterocycles. The Labute approximate surface area is 176 Å². The zero-order valence-electron chi connectivity index (χ0n) is 15.5. The average molecular weight is 431 g/mol. The lowest BCUT2D eigenvalue weighted by molar-refractivity contribution is -0.124. The van der Waals surface area contributed by atoms with Crippen LogP contribution in [0.25, 0.3) is 21.5 Å². The lowest BCUT2D eigenvalue weighted by Crippen LogP contribution is -2.34. The molecule has 1 atom stereocenters. The monoisotopic (exact) mass is 430 g/mol. The molecule has 1 amide bonds. The molecule has 3 heterocycles. The van der Waals surface area contributed by atoms with Gasteiger partial charge in [0.25, 0.3) is 5.91 Å². The Bertz CT molecular complexity index is 1050. The molecule has 0 radical (unpaired) electrons. The third-order valence-corrected chi connectivity index (χ3v) is 5.90. The maximum atomic E-state index is 12.7. The van der Waals surface area contributed by atoms with E-state index in [1.165, 1.54) is 11.3 Å². The molecule has 1 aromatic carbocycles. The van der Waals surface area contributed by atoms with E-state index in [1.54, 1.807) is 12.1 Å². The summed E-state index contributed by atoms with van der Waals surface area (Å²) in [7, 11) is 0. The summed E-state index contributed by atoms with van der Waals surface area (Å²) in [6.07, 6.45) is 1.97. The van der Waals surface area contributed by atoms with E-state index in [1.807, 2.05) is 30.3 Å². The van der Waals surface area contributed by atoms with Crippen molar-refractivity contribution in [3.63, 3.8) is 0 Å². The van der Waals surface area contributed by atoms with Crippen molar-refractivity contribution in [1.82, 2.24) is 10.3 Å². The van der Waals surface area contributed by atoms with Crippen molar-refractivity contribution in [2.75, 3.05) is 19.8 Å². The van der Waals surface area contributed by atoms with Crippen LogP contribution < -0.4 is 5.32 Å². The molecule has 1 N–H and O–H groups in total. The summed E-state index contributed by atoms with van der Waals surface area (Å²) in [4.78, 5) is 30.2. The summed E-state index contributed by atoms with van der Waals surface area (Å²) in [6.45, 7) is 0.808. The van der Waals surface area contributed by atoms with E-state index >= 15 is 0 Å². The summed E-state index contributed by atoms with van der Waals surface area (Å²) >= 11 is 7.42. The molecule has 1 saturated heterocycles. The zero-order chi connectivity index (χ0) is 20.2. The van der Waals surface area contributed by atoms with Gasteiger partial charge in [-0.25, -0.2) is 9.78 Å². The van der Waals surface area contributed by atoms with Gasteiger partial charge in [0.05, 0.1) is 32.1 Å². The van der Waals surface area contributed by atoms with E-state index in [0.717, 1.165) is 24.3 Å². The SMILES string of the molecule is O=C(COC(=O)c1cc(-c2ccc(Cl)s2)nc2ccccc12)NCC1CCCO1. The molecule has 0 bridgehead atoms. The molecule has 0 aliphatic carbocycles. The first-order valence-electron chi connectivity index (χ1n) is 9.31. The highest BCUT2D eigenvalue weighted by atomic mass is 35.5. The number of hydrogen-bond donors (Lipinski definition) is 1. The summed E-state index contributed by atoms with van der Waals surface area (Å²) in [5, 5.41) is 3.41. The first-order valence-corrected chi connectivity index (χ1v) is 10.5. The smallest absolute Gasteiger partial charge is 0.339 e. The van der Waals surface area contributed by atoms with Gasteiger partial charge in [-0.15, -0.1) is 11.3 Å². The highest BCUT2D eigenvalue weighted by Crippen LogP contribution is 2.32. The van der Waals surface area contributed by atoms with Gasteiger partial charge in [-0.3, -0.25) is 4.79 Å². The minimum absolute atomic E-state index is 0.0407. The van der Waals surface area contributed by atoms with Gasteiger partial charge in [0.15, 0.2) is 6.61 Å². The van der Waals surface area contributed by atoms with Gasteiger partial charge in [0, 0.05) is 18.5 Å². The van der Waals surface area contributed by atoms with E-state index in [0.29, 0.717) is 33.0 Å². The van der Waals surface area contributed by atoms with Crippen molar-refractivity contribution in [3.8, 4) is 10.6 Å². The Balaban J connectivity index is 1.49. The van der Waals surface area contributed by atoms with Gasteiger partial charge in [0.2, 0.25) is 0 Å². The molecule has 8 heteroatoms. The fourth-order valence-corrected chi connectivity index (χ4v) is 4.22. The third-order valence-electron chi connectivity index (χ3n) is 4.65. The number of para-hydroxylation sites is 1. The zero-order valence-corrected chi connectivity index (χ0v) is 17.1. The number of hydrogen-bond acceptors (Lipinski definition) is 6. The summed E-state index contributed by atoms with van der Waals surface area (Å²) < 4.78 is 11.4. The second-order valence-electron chi connectivity index (χ2n) is 6.69. The highest BCUT2D eigenvalue weighted by Gasteiger charge is 2.19. The first-order chi connectivity index (χ1) is 14.1. The van der Waals surface area contributed by atoms with Crippen LogP contribution in [0.2, 0.25) is 4.34 Å². The Morgan fingerprint density at radius 2 is 2.14 bits per heavy atom. The molecule has 1 unspecified atom stereocenters. The topological polar surface area (TPSA) is 77.5 Å². The van der Waals surface area contributed by atoms with E-state index in [-0.39, 0.29) is 18.6 Å². The number of fused-ring (bicyclic) bond motifs is 1. The third kappa shape index (κ3) is 4.75. The number of ether oxygens (including phenoxy) is 2. The number of amides is 1. The average Bonchev–Trinajstić information content (AvgIpc) is 3.41. The normalized spacial score (nSPS) is 16.1. The Morgan fingerprint density at radius 3 is 2.90 bits per heavy atom. The molecule has 1 aliphatic rings. The molecule has 4 rings (SSSR count). The second-order valence-corrected chi connectivity index (χ2v) is 8.41. The lowest BCUT2D eigenvalue weighted by atomic mass is 10.1. The lowest BCUT2D eigenvalue weighted by Gasteiger charge is -2.12. The van der Waals surface area contributed by atoms with Crippen LogP contribution in [-0.2, 0) is 14.3 Å². The van der Waals surface area contributed by atoms with Crippen molar-refractivity contribution < 1.29 is 19.1 Å². The number of aromatic nitrogens is 1. The fourth-order valence-electron chi connectivity index (χ4n) is 3.22. The largest absolute Gasteiger partial charge is 0.452 e. The quantitative estimate of drug-likeness (QED) is 0.596. The molecular weight excluding hydrogens is 412 g/mol. The van der Waals surface area contributed by atoms with Crippen LogP contribution in [0.4, 0.5) is 0 Å². The van der Waals surface area contributed by atoms with Gasteiger partial charge in [-0.05, 0) is 37.1 Å². The molecule has 29 heavy (non-hydrogen) atoms. The van der Waals surface area contributed by atoms with Crippen molar-refractivity contribution in [3.05, 3.63) is 52.4 Å². The molecule has 6 nitrogen and oxygen atoms in total. The number of halogens is 1. The fraction of sp³-hybridized carbons (Fsp3) is 0.286. The van der Waals surface area contributed by atoms with Crippen molar-refractivity contribution in [1.29, 1.82) is 0 Å². The number of nitrogens with one attached hydrogen (secondary N) is 1. The van der Waals surface area contributed by atoms with Crippen molar-refractivity contribution in [2.45, 2.75) is 18.9 Å². The molecule has 0 saturated carbocycles. The summed E-state index contributed by atoms with van der Waals surface area (Å²) in [5.74, 6) is -0.919. The van der Waals surface area contributed by atoms with Crippen molar-refractivity contribution in [2.24, 2.45) is 0 Å². The predicted molar refractivity (Wildman–Crippen MR) is 112 cm³/mol. The number of pyridine rings is 1. The number of benzene rings is 1. The minimum Gasteiger partial charge on any atom is -0.452 e. The number of carbonyl (C=O) groups is 2. The van der Waals surface area contributed by atoms with Crippen LogP contribution in [-0.4, -0.2) is 42.7 Å². The van der Waals surface area contributed by atoms with Crippen LogP contribution in [0.1, 0.15) is 23.2 Å². The molecule has 1 fully saturated rings. The van der Waals surface area contributed by atoms with Crippen LogP contribution in [0.5, 0.6) is 0 Å². The minimum atomic E-state index is -0.570. The van der Waals surface area contributed by atoms with Gasteiger partial charge < -0.3 is 14.8 Å². The van der Waals surface area contributed by atoms with Crippen LogP contribution in [0, 0.1) is 0 Å². The van der Waals surface area contributed by atoms with Gasteiger partial charge in [-0.2, -0.15) is 0 Å². The molecule has 150 valence electrons. The van der Waals surface area contributed by atoms with Gasteiger partial charge in [-0.1, -0.05) is 29.8 Å². The highest BCUT2D eigenvalue weighted by molar-refractivity contribution is 7.19. The summed E-state index contributed by atoms with van der Waals surface area (Å²) in [6, 6.07) is 12.6. The molecule has 3 aromatic rings. The number of nitrogens with zero attached hydrogens (tertiary/aromatic N) is 1. The van der Waals surface area contributed by atoms with E-state index in [2.05, 4.69) is 10.3 Å². The van der Waals surface area contributed by atoms with Gasteiger partial charge in [0.1, 0.15) is 0 Å². The standard InChI is InChI=1S/C21H19ClN2O4S/c22-19-8-7-18(29-19)17-10-15(14-5-1-2-6-16(14)24-17)21(26)28-12-20(25)23-11-13-4-3-9-27-13/h1-2,5-8,10,13H,3-4,9,11-12H2,(H,23,25). The Hall–Kier alpha value is -2.48. The van der Waals surface area contributed by atoms with Crippen molar-refractivity contribution >= 4 is 45.7 Å². The first kappa shape index (κ1) is 19.8. The number of thiophene rings is 1. The number of rotatable bonds is 6. The summed E-state index contributed by atoms with van der Waals surface area (Å²) in [5.41, 5.74) is 1.67. The maximum Gasteiger partial charge on any atom is 0.339 e. The number of carbonyl (C=O) groups excluding carboxylic acids is 2. The predicted octanol–water partition coefficient (Wildman–Crippen LogP) is 4.07. The molecule has 1 aliphatic heterocycles. The number of esters is 1.